The standard InChI is InChI=1S/C14H18N4O3S2/c1-3-11-17-18-14(23-11)16-12(19)9(6-8-22-2)15-13(20)10-5-4-7-21-10/h4-5,7,9H,3,6,8H2,1-2H3,(H,15,20)(H,16,18,19)/t9-/m0/s1. The number of hydrogen-bond acceptors (Lipinski definition) is 7. The molecule has 124 valence electrons. The van der Waals surface area contributed by atoms with Crippen molar-refractivity contribution < 1.29 is 14.0 Å². The van der Waals surface area contributed by atoms with Crippen molar-refractivity contribution in [2.75, 3.05) is 17.3 Å². The average molecular weight is 354 g/mol. The molecule has 0 aliphatic carbocycles. The van der Waals surface area contributed by atoms with E-state index in [1.54, 1.807) is 23.9 Å². The second-order valence-electron chi connectivity index (χ2n) is 4.63. The zero-order chi connectivity index (χ0) is 16.7. The molecule has 2 heterocycles. The number of nitrogens with one attached hydrogen (secondary N) is 2. The summed E-state index contributed by atoms with van der Waals surface area (Å²) in [4.78, 5) is 24.5. The van der Waals surface area contributed by atoms with Gasteiger partial charge in [0, 0.05) is 0 Å². The minimum atomic E-state index is -0.658. The number of rotatable bonds is 8. The topological polar surface area (TPSA) is 97.1 Å². The second-order valence-corrected chi connectivity index (χ2v) is 6.68. The van der Waals surface area contributed by atoms with E-state index in [-0.39, 0.29) is 11.7 Å². The Morgan fingerprint density at radius 1 is 1.43 bits per heavy atom. The van der Waals surface area contributed by atoms with E-state index in [1.807, 2.05) is 13.2 Å². The highest BCUT2D eigenvalue weighted by atomic mass is 32.2. The summed E-state index contributed by atoms with van der Waals surface area (Å²) in [6.45, 7) is 1.97. The van der Waals surface area contributed by atoms with Crippen LogP contribution in [-0.4, -0.2) is 40.1 Å². The fraction of sp³-hybridized carbons (Fsp3) is 0.429. The maximum atomic E-state index is 12.4. The van der Waals surface area contributed by atoms with E-state index in [0.717, 1.165) is 17.2 Å². The molecule has 0 bridgehead atoms. The number of nitrogens with zero attached hydrogens (tertiary/aromatic N) is 2. The molecule has 2 N–H and O–H groups in total. The normalized spacial score (nSPS) is 11.9. The number of thioether (sulfide) groups is 1. The van der Waals surface area contributed by atoms with Crippen LogP contribution >= 0.6 is 23.1 Å². The molecule has 2 aromatic heterocycles. The predicted molar refractivity (Wildman–Crippen MR) is 90.9 cm³/mol. The highest BCUT2D eigenvalue weighted by Gasteiger charge is 2.23. The molecule has 0 aliphatic rings. The lowest BCUT2D eigenvalue weighted by molar-refractivity contribution is -0.118. The summed E-state index contributed by atoms with van der Waals surface area (Å²) in [5, 5.41) is 14.6. The third-order valence-electron chi connectivity index (χ3n) is 2.98. The Bertz CT molecular complexity index is 642. The molecule has 2 aromatic rings. The molecular weight excluding hydrogens is 336 g/mol. The lowest BCUT2D eigenvalue weighted by Gasteiger charge is -2.16. The lowest BCUT2D eigenvalue weighted by atomic mass is 10.2. The fourth-order valence-electron chi connectivity index (χ4n) is 1.78. The number of amides is 2. The molecule has 0 saturated heterocycles. The van der Waals surface area contributed by atoms with Crippen LogP contribution in [-0.2, 0) is 11.2 Å². The molecule has 2 amide bonds. The van der Waals surface area contributed by atoms with Crippen molar-refractivity contribution in [3.8, 4) is 0 Å². The fourth-order valence-corrected chi connectivity index (χ4v) is 2.93. The van der Waals surface area contributed by atoms with Gasteiger partial charge in [-0.3, -0.25) is 14.9 Å². The van der Waals surface area contributed by atoms with Crippen LogP contribution in [0, 0.1) is 0 Å². The third kappa shape index (κ3) is 5.07. The van der Waals surface area contributed by atoms with Gasteiger partial charge in [0.15, 0.2) is 5.76 Å². The van der Waals surface area contributed by atoms with Crippen molar-refractivity contribution in [3.05, 3.63) is 29.2 Å². The van der Waals surface area contributed by atoms with Crippen molar-refractivity contribution >= 4 is 40.0 Å². The van der Waals surface area contributed by atoms with Crippen molar-refractivity contribution in [2.45, 2.75) is 25.8 Å². The molecule has 0 aromatic carbocycles. The third-order valence-corrected chi connectivity index (χ3v) is 4.60. The van der Waals surface area contributed by atoms with Gasteiger partial charge < -0.3 is 9.73 Å². The molecule has 1 atom stereocenters. The minimum absolute atomic E-state index is 0.177. The summed E-state index contributed by atoms with van der Waals surface area (Å²) in [5.74, 6) is 0.198. The maximum Gasteiger partial charge on any atom is 0.287 e. The van der Waals surface area contributed by atoms with Gasteiger partial charge in [-0.05, 0) is 37.0 Å². The number of carbonyl (C=O) groups is 2. The summed E-state index contributed by atoms with van der Waals surface area (Å²) in [7, 11) is 0. The number of carbonyl (C=O) groups excluding carboxylic acids is 2. The molecule has 0 aliphatic heterocycles. The van der Waals surface area contributed by atoms with Crippen LogP contribution in [0.4, 0.5) is 5.13 Å². The van der Waals surface area contributed by atoms with Crippen LogP contribution in [0.3, 0.4) is 0 Å². The first-order valence-corrected chi connectivity index (χ1v) is 9.31. The van der Waals surface area contributed by atoms with Gasteiger partial charge in [0.25, 0.3) is 5.91 Å². The van der Waals surface area contributed by atoms with Crippen LogP contribution < -0.4 is 10.6 Å². The average Bonchev–Trinajstić information content (AvgIpc) is 3.22. The van der Waals surface area contributed by atoms with Gasteiger partial charge >= 0.3 is 0 Å². The Morgan fingerprint density at radius 3 is 2.87 bits per heavy atom. The molecule has 0 fully saturated rings. The summed E-state index contributed by atoms with van der Waals surface area (Å²) in [5.41, 5.74) is 0. The smallest absolute Gasteiger partial charge is 0.287 e. The SMILES string of the molecule is CCc1nnc(NC(=O)[C@H](CCSC)NC(=O)c2ccco2)s1. The number of furan rings is 1. The van der Waals surface area contributed by atoms with E-state index >= 15 is 0 Å². The number of hydrogen-bond donors (Lipinski definition) is 2. The van der Waals surface area contributed by atoms with Crippen LogP contribution in [0.2, 0.25) is 0 Å². The van der Waals surface area contributed by atoms with Gasteiger partial charge in [-0.2, -0.15) is 11.8 Å². The second kappa shape index (κ2) is 8.68. The Hall–Kier alpha value is -1.87. The molecule has 2 rings (SSSR count). The first-order chi connectivity index (χ1) is 11.1. The zero-order valence-corrected chi connectivity index (χ0v) is 14.5. The monoisotopic (exact) mass is 354 g/mol. The summed E-state index contributed by atoms with van der Waals surface area (Å²) >= 11 is 2.93. The van der Waals surface area contributed by atoms with Gasteiger partial charge in [-0.1, -0.05) is 18.3 Å². The van der Waals surface area contributed by atoms with Crippen LogP contribution in [0.15, 0.2) is 22.8 Å². The minimum Gasteiger partial charge on any atom is -0.459 e. The Balaban J connectivity index is 2.01. The predicted octanol–water partition coefficient (Wildman–Crippen LogP) is 2.18. The molecule has 23 heavy (non-hydrogen) atoms. The molecule has 0 radical (unpaired) electrons. The quantitative estimate of drug-likeness (QED) is 0.754. The highest BCUT2D eigenvalue weighted by molar-refractivity contribution is 7.98. The molecule has 0 unspecified atom stereocenters. The Labute approximate surface area is 142 Å². The van der Waals surface area contributed by atoms with Gasteiger partial charge in [0.2, 0.25) is 11.0 Å². The first-order valence-electron chi connectivity index (χ1n) is 7.10. The van der Waals surface area contributed by atoms with Crippen LogP contribution in [0.25, 0.3) is 0 Å². The molecule has 0 spiro atoms. The Morgan fingerprint density at radius 2 is 2.26 bits per heavy atom. The number of aromatic nitrogens is 2. The summed E-state index contributed by atoms with van der Waals surface area (Å²) in [6.07, 6.45) is 4.64. The van der Waals surface area contributed by atoms with Crippen molar-refractivity contribution in [3.63, 3.8) is 0 Å². The van der Waals surface area contributed by atoms with Crippen LogP contribution in [0.5, 0.6) is 0 Å². The molecular formula is C14H18N4O3S2. The first kappa shape index (κ1) is 17.5. The molecule has 9 heteroatoms. The lowest BCUT2D eigenvalue weighted by Crippen LogP contribution is -2.44. The van der Waals surface area contributed by atoms with Crippen molar-refractivity contribution in [1.82, 2.24) is 15.5 Å². The van der Waals surface area contributed by atoms with Gasteiger partial charge in [-0.15, -0.1) is 10.2 Å². The van der Waals surface area contributed by atoms with Crippen molar-refractivity contribution in [1.29, 1.82) is 0 Å². The largest absolute Gasteiger partial charge is 0.459 e. The van der Waals surface area contributed by atoms with E-state index in [4.69, 9.17) is 4.42 Å². The number of aryl methyl sites for hydroxylation is 1. The molecule has 7 nitrogen and oxygen atoms in total. The van der Waals surface area contributed by atoms with E-state index in [2.05, 4.69) is 20.8 Å². The highest BCUT2D eigenvalue weighted by Crippen LogP contribution is 2.16. The summed E-state index contributed by atoms with van der Waals surface area (Å²) in [6, 6.07) is 2.52. The van der Waals surface area contributed by atoms with Gasteiger partial charge in [-0.25, -0.2) is 0 Å². The number of anilines is 1. The van der Waals surface area contributed by atoms with Crippen LogP contribution in [0.1, 0.15) is 28.9 Å². The van der Waals surface area contributed by atoms with E-state index in [0.29, 0.717) is 11.6 Å². The van der Waals surface area contributed by atoms with E-state index in [9.17, 15) is 9.59 Å². The summed E-state index contributed by atoms with van der Waals surface area (Å²) < 4.78 is 5.05. The van der Waals surface area contributed by atoms with Crippen molar-refractivity contribution in [2.24, 2.45) is 0 Å². The van der Waals surface area contributed by atoms with E-state index < -0.39 is 11.9 Å². The maximum absolute atomic E-state index is 12.4. The molecule has 0 saturated carbocycles. The Kier molecular flexibility index (Phi) is 6.60. The van der Waals surface area contributed by atoms with E-state index in [1.165, 1.54) is 17.6 Å². The van der Waals surface area contributed by atoms with Gasteiger partial charge in [0.05, 0.1) is 6.26 Å². The zero-order valence-electron chi connectivity index (χ0n) is 12.9. The van der Waals surface area contributed by atoms with Gasteiger partial charge in [0.1, 0.15) is 11.0 Å².